The van der Waals surface area contributed by atoms with Gasteiger partial charge in [-0.2, -0.15) is 4.98 Å². The Morgan fingerprint density at radius 2 is 2.08 bits per heavy atom. The van der Waals surface area contributed by atoms with Crippen LogP contribution in [0.3, 0.4) is 0 Å². The first-order valence-corrected chi connectivity index (χ1v) is 8.64. The molecule has 0 spiro atoms. The maximum atomic E-state index is 12.7. The van der Waals surface area contributed by atoms with Crippen molar-refractivity contribution < 1.29 is 19.2 Å². The first-order valence-electron chi connectivity index (χ1n) is 8.64. The molecule has 0 bridgehead atoms. The van der Waals surface area contributed by atoms with Gasteiger partial charge in [0.2, 0.25) is 0 Å². The van der Waals surface area contributed by atoms with Gasteiger partial charge < -0.3 is 14.9 Å². The number of aryl methyl sites for hydroxylation is 1. The number of carbonyl (C=O) groups is 2. The molecule has 2 aromatic rings. The molecule has 1 aliphatic rings. The highest BCUT2D eigenvalue weighted by molar-refractivity contribution is 6.00. The Balaban J connectivity index is 1.63. The Kier molecular flexibility index (Phi) is 5.32. The van der Waals surface area contributed by atoms with Crippen LogP contribution in [0.25, 0.3) is 11.5 Å². The summed E-state index contributed by atoms with van der Waals surface area (Å²) >= 11 is 0. The van der Waals surface area contributed by atoms with Gasteiger partial charge in [0.05, 0.1) is 17.7 Å². The molecule has 1 heterocycles. The standard InChI is InChI=1S/C18H22N4O4/c1-3-22(10-16(23)24)13-8-12(9-13)20-17(25)14-6-4-5-7-15(14)18-19-11(2)21-26-18/h4-7,12-13H,3,8-10H2,1-2H3,(H,20,25)(H,23,24). The van der Waals surface area contributed by atoms with E-state index < -0.39 is 5.97 Å². The second-order valence-electron chi connectivity index (χ2n) is 6.44. The second kappa shape index (κ2) is 7.65. The van der Waals surface area contributed by atoms with Crippen LogP contribution in [0.5, 0.6) is 0 Å². The van der Waals surface area contributed by atoms with Gasteiger partial charge in [-0.1, -0.05) is 24.2 Å². The lowest BCUT2D eigenvalue weighted by molar-refractivity contribution is -0.139. The molecule has 138 valence electrons. The van der Waals surface area contributed by atoms with E-state index in [1.54, 1.807) is 25.1 Å². The van der Waals surface area contributed by atoms with E-state index in [2.05, 4.69) is 15.5 Å². The summed E-state index contributed by atoms with van der Waals surface area (Å²) in [6, 6.07) is 7.33. The molecule has 1 aromatic carbocycles. The molecular weight excluding hydrogens is 336 g/mol. The van der Waals surface area contributed by atoms with E-state index in [1.807, 2.05) is 17.9 Å². The number of carbonyl (C=O) groups excluding carboxylic acids is 1. The van der Waals surface area contributed by atoms with Crippen LogP contribution in [0.4, 0.5) is 0 Å². The fraction of sp³-hybridized carbons (Fsp3) is 0.444. The zero-order valence-electron chi connectivity index (χ0n) is 14.8. The van der Waals surface area contributed by atoms with Crippen molar-refractivity contribution in [3.63, 3.8) is 0 Å². The van der Waals surface area contributed by atoms with Crippen LogP contribution in [0.2, 0.25) is 0 Å². The third-order valence-corrected chi connectivity index (χ3v) is 4.64. The zero-order chi connectivity index (χ0) is 18.7. The van der Waals surface area contributed by atoms with Crippen LogP contribution in [0.1, 0.15) is 35.9 Å². The van der Waals surface area contributed by atoms with Gasteiger partial charge in [0.15, 0.2) is 5.82 Å². The number of aliphatic carboxylic acids is 1. The lowest BCUT2D eigenvalue weighted by atomic mass is 9.85. The molecule has 0 saturated heterocycles. The van der Waals surface area contributed by atoms with Crippen molar-refractivity contribution in [3.05, 3.63) is 35.7 Å². The van der Waals surface area contributed by atoms with Gasteiger partial charge in [-0.05, 0) is 38.4 Å². The van der Waals surface area contributed by atoms with Gasteiger partial charge in [-0.3, -0.25) is 14.5 Å². The summed E-state index contributed by atoms with van der Waals surface area (Å²) in [6.45, 7) is 4.37. The summed E-state index contributed by atoms with van der Waals surface area (Å²) in [5.74, 6) is -0.196. The first kappa shape index (κ1) is 18.1. The van der Waals surface area contributed by atoms with Gasteiger partial charge >= 0.3 is 5.97 Å². The number of carboxylic acids is 1. The van der Waals surface area contributed by atoms with E-state index in [0.29, 0.717) is 29.4 Å². The number of likely N-dealkylation sites (N-methyl/N-ethyl adjacent to an activating group) is 1. The van der Waals surface area contributed by atoms with Crippen LogP contribution in [0.15, 0.2) is 28.8 Å². The number of hydrogen-bond donors (Lipinski definition) is 2. The van der Waals surface area contributed by atoms with Crippen molar-refractivity contribution in [2.24, 2.45) is 0 Å². The summed E-state index contributed by atoms with van der Waals surface area (Å²) < 4.78 is 5.18. The summed E-state index contributed by atoms with van der Waals surface area (Å²) in [7, 11) is 0. The van der Waals surface area contributed by atoms with Crippen LogP contribution < -0.4 is 5.32 Å². The number of benzene rings is 1. The minimum absolute atomic E-state index is 0.0289. The van der Waals surface area contributed by atoms with Crippen LogP contribution in [0, 0.1) is 6.92 Å². The Bertz CT molecular complexity index is 798. The smallest absolute Gasteiger partial charge is 0.317 e. The molecule has 0 unspecified atom stereocenters. The van der Waals surface area contributed by atoms with Gasteiger partial charge in [-0.15, -0.1) is 0 Å². The normalized spacial score (nSPS) is 19.2. The number of aromatic nitrogens is 2. The van der Waals surface area contributed by atoms with Gasteiger partial charge in [0.25, 0.3) is 11.8 Å². The number of carboxylic acid groups (broad SMARTS) is 1. The molecule has 1 saturated carbocycles. The Labute approximate surface area is 151 Å². The van der Waals surface area contributed by atoms with Gasteiger partial charge in [0, 0.05) is 12.1 Å². The SMILES string of the molecule is CCN(CC(=O)O)C1CC(NC(=O)c2ccccc2-c2nc(C)no2)C1. The number of nitrogens with one attached hydrogen (secondary N) is 1. The lowest BCUT2D eigenvalue weighted by Gasteiger charge is -2.42. The van der Waals surface area contributed by atoms with Gasteiger partial charge in [-0.25, -0.2) is 0 Å². The minimum atomic E-state index is -0.830. The Hall–Kier alpha value is -2.74. The molecule has 0 atom stereocenters. The van der Waals surface area contributed by atoms with E-state index in [0.717, 1.165) is 12.8 Å². The summed E-state index contributed by atoms with van der Waals surface area (Å²) in [4.78, 5) is 29.7. The maximum Gasteiger partial charge on any atom is 0.317 e. The van der Waals surface area contributed by atoms with E-state index >= 15 is 0 Å². The van der Waals surface area contributed by atoms with Crippen molar-refractivity contribution in [3.8, 4) is 11.5 Å². The molecular formula is C18H22N4O4. The lowest BCUT2D eigenvalue weighted by Crippen LogP contribution is -2.54. The van der Waals surface area contributed by atoms with Crippen LogP contribution in [-0.4, -0.2) is 57.2 Å². The fourth-order valence-corrected chi connectivity index (χ4v) is 3.21. The first-order chi connectivity index (χ1) is 12.5. The largest absolute Gasteiger partial charge is 0.480 e. The average Bonchev–Trinajstić information content (AvgIpc) is 3.02. The predicted octanol–water partition coefficient (Wildman–Crippen LogP) is 1.71. The Morgan fingerprint density at radius 1 is 1.35 bits per heavy atom. The number of nitrogens with zero attached hydrogens (tertiary/aromatic N) is 3. The second-order valence-corrected chi connectivity index (χ2v) is 6.44. The zero-order valence-corrected chi connectivity index (χ0v) is 14.8. The third-order valence-electron chi connectivity index (χ3n) is 4.64. The molecule has 26 heavy (non-hydrogen) atoms. The topological polar surface area (TPSA) is 109 Å². The number of rotatable bonds is 7. The third kappa shape index (κ3) is 3.91. The van der Waals surface area contributed by atoms with Crippen LogP contribution >= 0.6 is 0 Å². The average molecular weight is 358 g/mol. The van der Waals surface area contributed by atoms with E-state index in [1.165, 1.54) is 0 Å². The highest BCUT2D eigenvalue weighted by Crippen LogP contribution is 2.27. The summed E-state index contributed by atoms with van der Waals surface area (Å²) in [6.07, 6.45) is 1.49. The quantitative estimate of drug-likeness (QED) is 0.775. The van der Waals surface area contributed by atoms with Crippen molar-refractivity contribution in [2.45, 2.75) is 38.8 Å². The molecule has 8 heteroatoms. The molecule has 1 amide bonds. The molecule has 2 N–H and O–H groups in total. The molecule has 1 aromatic heterocycles. The van der Waals surface area contributed by atoms with Crippen LogP contribution in [-0.2, 0) is 4.79 Å². The van der Waals surface area contributed by atoms with E-state index in [4.69, 9.17) is 9.63 Å². The van der Waals surface area contributed by atoms with E-state index in [9.17, 15) is 9.59 Å². The summed E-state index contributed by atoms with van der Waals surface area (Å²) in [5, 5.41) is 15.7. The highest BCUT2D eigenvalue weighted by atomic mass is 16.5. The van der Waals surface area contributed by atoms with Crippen molar-refractivity contribution in [1.29, 1.82) is 0 Å². The van der Waals surface area contributed by atoms with Crippen molar-refractivity contribution in [2.75, 3.05) is 13.1 Å². The van der Waals surface area contributed by atoms with Crippen molar-refractivity contribution >= 4 is 11.9 Å². The molecule has 0 aliphatic heterocycles. The highest BCUT2D eigenvalue weighted by Gasteiger charge is 2.35. The molecule has 3 rings (SSSR count). The Morgan fingerprint density at radius 3 is 2.69 bits per heavy atom. The number of hydrogen-bond acceptors (Lipinski definition) is 6. The molecule has 0 radical (unpaired) electrons. The van der Waals surface area contributed by atoms with Gasteiger partial charge in [0.1, 0.15) is 0 Å². The monoisotopic (exact) mass is 358 g/mol. The minimum Gasteiger partial charge on any atom is -0.480 e. The maximum absolute atomic E-state index is 12.7. The summed E-state index contributed by atoms with van der Waals surface area (Å²) in [5.41, 5.74) is 1.08. The molecule has 1 aliphatic carbocycles. The predicted molar refractivity (Wildman–Crippen MR) is 93.6 cm³/mol. The number of amides is 1. The van der Waals surface area contributed by atoms with E-state index in [-0.39, 0.29) is 24.5 Å². The fourth-order valence-electron chi connectivity index (χ4n) is 3.21. The van der Waals surface area contributed by atoms with Crippen molar-refractivity contribution in [1.82, 2.24) is 20.4 Å². The molecule has 8 nitrogen and oxygen atoms in total. The molecule has 1 fully saturated rings.